The fraction of sp³-hybridized carbons (Fsp3) is 0.529. The largest absolute Gasteiger partial charge is 0.337 e. The molecule has 0 radical (unpaired) electrons. The van der Waals surface area contributed by atoms with E-state index in [-0.39, 0.29) is 11.8 Å². The van der Waals surface area contributed by atoms with Crippen LogP contribution in [-0.4, -0.2) is 34.2 Å². The third-order valence-corrected chi connectivity index (χ3v) is 7.14. The van der Waals surface area contributed by atoms with Gasteiger partial charge in [0.15, 0.2) is 4.87 Å². The standard InChI is InChI=1S/C17H18N2O2S/c20-15-7-8-17(16(21)18-10-11-5-6-12(18)9-11)19(15)13-3-1-2-4-14(13)22-17/h1-4,11-12H,5-10H2/t11-,12-,17-/m0/s1. The van der Waals surface area contributed by atoms with Crippen LogP contribution in [0.2, 0.25) is 0 Å². The Labute approximate surface area is 133 Å². The van der Waals surface area contributed by atoms with Gasteiger partial charge < -0.3 is 4.90 Å². The minimum absolute atomic E-state index is 0.0927. The maximum Gasteiger partial charge on any atom is 0.260 e. The predicted octanol–water partition coefficient (Wildman–Crippen LogP) is 2.63. The van der Waals surface area contributed by atoms with E-state index < -0.39 is 4.87 Å². The number of anilines is 1. The molecule has 1 aromatic carbocycles. The van der Waals surface area contributed by atoms with Crippen molar-refractivity contribution in [3.63, 3.8) is 0 Å². The number of carbonyl (C=O) groups excluding carboxylic acids is 2. The van der Waals surface area contributed by atoms with Crippen molar-refractivity contribution in [2.45, 2.75) is 47.9 Å². The fourth-order valence-corrected chi connectivity index (χ4v) is 6.16. The number of thioether (sulfide) groups is 1. The SMILES string of the molecule is O=C1CC[C@@]2(C(=O)N3C[C@H]4CC[C@H]3C4)Sc3ccccc3N12. The molecule has 3 aliphatic heterocycles. The first-order chi connectivity index (χ1) is 10.7. The Morgan fingerprint density at radius 3 is 2.91 bits per heavy atom. The number of hydrogen-bond acceptors (Lipinski definition) is 3. The molecular formula is C17H18N2O2S. The summed E-state index contributed by atoms with van der Waals surface area (Å²) in [5.41, 5.74) is 0.924. The van der Waals surface area contributed by atoms with Gasteiger partial charge in [-0.3, -0.25) is 14.5 Å². The number of fused-ring (bicyclic) bond motifs is 5. The minimum Gasteiger partial charge on any atom is -0.337 e. The summed E-state index contributed by atoms with van der Waals surface area (Å²) in [7, 11) is 0. The third kappa shape index (κ3) is 1.50. The number of carbonyl (C=O) groups is 2. The molecule has 1 saturated carbocycles. The molecule has 1 aliphatic carbocycles. The van der Waals surface area contributed by atoms with Crippen molar-refractivity contribution in [3.8, 4) is 0 Å². The molecule has 4 aliphatic rings. The van der Waals surface area contributed by atoms with Crippen molar-refractivity contribution in [2.24, 2.45) is 5.92 Å². The molecule has 0 aromatic heterocycles. The van der Waals surface area contributed by atoms with E-state index in [4.69, 9.17) is 0 Å². The summed E-state index contributed by atoms with van der Waals surface area (Å²) in [4.78, 5) is 30.0. The monoisotopic (exact) mass is 314 g/mol. The average molecular weight is 314 g/mol. The second kappa shape index (κ2) is 4.28. The molecule has 3 fully saturated rings. The Balaban J connectivity index is 1.56. The lowest BCUT2D eigenvalue weighted by atomic mass is 10.1. The lowest BCUT2D eigenvalue weighted by Gasteiger charge is -2.37. The van der Waals surface area contributed by atoms with Crippen molar-refractivity contribution in [1.82, 2.24) is 4.90 Å². The van der Waals surface area contributed by atoms with Crippen molar-refractivity contribution >= 4 is 29.3 Å². The second-order valence-corrected chi connectivity index (χ2v) is 8.19. The van der Waals surface area contributed by atoms with E-state index >= 15 is 0 Å². The first kappa shape index (κ1) is 13.0. The molecule has 3 heterocycles. The van der Waals surface area contributed by atoms with Gasteiger partial charge in [0.2, 0.25) is 5.91 Å². The number of rotatable bonds is 1. The number of benzene rings is 1. The van der Waals surface area contributed by atoms with Gasteiger partial charge in [-0.05, 0) is 43.7 Å². The van der Waals surface area contributed by atoms with Crippen LogP contribution in [0.15, 0.2) is 29.2 Å². The summed E-state index contributed by atoms with van der Waals surface area (Å²) in [5.74, 6) is 0.951. The molecular weight excluding hydrogens is 296 g/mol. The molecule has 3 atom stereocenters. The lowest BCUT2D eigenvalue weighted by Crippen LogP contribution is -2.55. The Hall–Kier alpha value is -1.49. The van der Waals surface area contributed by atoms with E-state index in [1.54, 1.807) is 16.7 Å². The lowest BCUT2D eigenvalue weighted by molar-refractivity contribution is -0.135. The zero-order valence-corrected chi connectivity index (χ0v) is 13.1. The van der Waals surface area contributed by atoms with Crippen molar-refractivity contribution < 1.29 is 9.59 Å². The molecule has 0 unspecified atom stereocenters. The van der Waals surface area contributed by atoms with Crippen LogP contribution < -0.4 is 4.90 Å². The highest BCUT2D eigenvalue weighted by atomic mass is 32.2. The molecule has 114 valence electrons. The topological polar surface area (TPSA) is 40.6 Å². The highest BCUT2D eigenvalue weighted by Gasteiger charge is 2.60. The van der Waals surface area contributed by atoms with E-state index in [9.17, 15) is 9.59 Å². The Kier molecular flexibility index (Phi) is 2.53. The third-order valence-electron chi connectivity index (χ3n) is 5.68. The maximum absolute atomic E-state index is 13.4. The highest BCUT2D eigenvalue weighted by Crippen LogP contribution is 2.57. The molecule has 2 bridgehead atoms. The van der Waals surface area contributed by atoms with Crippen LogP contribution in [0, 0.1) is 5.92 Å². The minimum atomic E-state index is -0.703. The maximum atomic E-state index is 13.4. The number of piperidine rings is 1. The number of likely N-dealkylation sites (tertiary alicyclic amines) is 1. The molecule has 2 amide bonds. The van der Waals surface area contributed by atoms with Crippen LogP contribution in [0.1, 0.15) is 32.1 Å². The average Bonchev–Trinajstić information content (AvgIpc) is 3.27. The summed E-state index contributed by atoms with van der Waals surface area (Å²) in [6.07, 6.45) is 4.68. The van der Waals surface area contributed by atoms with Gasteiger partial charge in [0.05, 0.1) is 5.69 Å². The van der Waals surface area contributed by atoms with Crippen LogP contribution in [0.5, 0.6) is 0 Å². The zero-order chi connectivity index (χ0) is 14.9. The summed E-state index contributed by atoms with van der Waals surface area (Å²) >= 11 is 1.59. The van der Waals surface area contributed by atoms with E-state index in [0.717, 1.165) is 30.0 Å². The summed E-state index contributed by atoms with van der Waals surface area (Å²) in [5, 5.41) is 0. The first-order valence-corrected chi connectivity index (χ1v) is 8.93. The van der Waals surface area contributed by atoms with Crippen molar-refractivity contribution in [1.29, 1.82) is 0 Å². The number of hydrogen-bond donors (Lipinski definition) is 0. The fourth-order valence-electron chi connectivity index (χ4n) is 4.68. The van der Waals surface area contributed by atoms with Crippen molar-refractivity contribution in [3.05, 3.63) is 24.3 Å². The Morgan fingerprint density at radius 2 is 2.14 bits per heavy atom. The van der Waals surface area contributed by atoms with E-state index in [1.165, 1.54) is 6.42 Å². The van der Waals surface area contributed by atoms with Gasteiger partial charge in [-0.15, -0.1) is 0 Å². The summed E-state index contributed by atoms with van der Waals surface area (Å²) < 4.78 is 0. The molecule has 5 rings (SSSR count). The van der Waals surface area contributed by atoms with Crippen LogP contribution in [0.4, 0.5) is 5.69 Å². The first-order valence-electron chi connectivity index (χ1n) is 8.11. The van der Waals surface area contributed by atoms with Gasteiger partial charge in [-0.25, -0.2) is 0 Å². The predicted molar refractivity (Wildman–Crippen MR) is 84.6 cm³/mol. The molecule has 0 N–H and O–H groups in total. The van der Waals surface area contributed by atoms with Gasteiger partial charge in [0.25, 0.3) is 5.91 Å². The Bertz CT molecular complexity index is 691. The van der Waals surface area contributed by atoms with Crippen LogP contribution >= 0.6 is 11.8 Å². The van der Waals surface area contributed by atoms with Gasteiger partial charge in [0.1, 0.15) is 0 Å². The number of amides is 2. The van der Waals surface area contributed by atoms with Gasteiger partial charge in [-0.2, -0.15) is 0 Å². The van der Waals surface area contributed by atoms with Gasteiger partial charge >= 0.3 is 0 Å². The molecule has 1 aromatic rings. The number of para-hydroxylation sites is 1. The molecule has 22 heavy (non-hydrogen) atoms. The quantitative estimate of drug-likeness (QED) is 0.800. The number of nitrogens with zero attached hydrogens (tertiary/aromatic N) is 2. The second-order valence-electron chi connectivity index (χ2n) is 6.87. The smallest absolute Gasteiger partial charge is 0.260 e. The summed E-state index contributed by atoms with van der Waals surface area (Å²) in [6.45, 7) is 0.893. The van der Waals surface area contributed by atoms with Crippen LogP contribution in [0.3, 0.4) is 0 Å². The van der Waals surface area contributed by atoms with Crippen LogP contribution in [-0.2, 0) is 9.59 Å². The molecule has 5 heteroatoms. The zero-order valence-electron chi connectivity index (χ0n) is 12.3. The molecule has 2 saturated heterocycles. The van der Waals surface area contributed by atoms with Gasteiger partial charge in [-0.1, -0.05) is 23.9 Å². The van der Waals surface area contributed by atoms with Crippen LogP contribution in [0.25, 0.3) is 0 Å². The van der Waals surface area contributed by atoms with E-state index in [0.29, 0.717) is 24.8 Å². The van der Waals surface area contributed by atoms with Crippen molar-refractivity contribution in [2.75, 3.05) is 11.4 Å². The normalized spacial score (nSPS) is 35.2. The van der Waals surface area contributed by atoms with E-state index in [2.05, 4.69) is 4.90 Å². The van der Waals surface area contributed by atoms with Gasteiger partial charge in [0, 0.05) is 23.9 Å². The highest BCUT2D eigenvalue weighted by molar-refractivity contribution is 8.02. The molecule has 0 spiro atoms. The molecule has 4 nitrogen and oxygen atoms in total. The van der Waals surface area contributed by atoms with E-state index in [1.807, 2.05) is 24.3 Å². The summed E-state index contributed by atoms with van der Waals surface area (Å²) in [6, 6.07) is 8.33. The Morgan fingerprint density at radius 1 is 1.27 bits per heavy atom.